The van der Waals surface area contributed by atoms with Crippen LogP contribution in [0.3, 0.4) is 0 Å². The van der Waals surface area contributed by atoms with Gasteiger partial charge in [0.15, 0.2) is 0 Å². The molecule has 0 aliphatic carbocycles. The highest BCUT2D eigenvalue weighted by molar-refractivity contribution is 4.68. The molecule has 0 bridgehead atoms. The summed E-state index contributed by atoms with van der Waals surface area (Å²) in [5.41, 5.74) is 3.40. The minimum atomic E-state index is 0.827. The van der Waals surface area contributed by atoms with E-state index in [0.29, 0.717) is 0 Å². The molecule has 0 aromatic heterocycles. The summed E-state index contributed by atoms with van der Waals surface area (Å²) in [6.45, 7) is 10.5. The first kappa shape index (κ1) is 9.01. The Balaban J connectivity index is 2.08. The van der Waals surface area contributed by atoms with Crippen LogP contribution in [-0.2, 0) is 0 Å². The van der Waals surface area contributed by atoms with E-state index in [-0.39, 0.29) is 0 Å². The fraction of sp³-hybridized carbons (Fsp3) is 1.00. The van der Waals surface area contributed by atoms with Gasteiger partial charge in [-0.1, -0.05) is 20.8 Å². The van der Waals surface area contributed by atoms with Crippen molar-refractivity contribution in [1.29, 1.82) is 0 Å². The minimum Gasteiger partial charge on any atom is -0.255 e. The van der Waals surface area contributed by atoms with Crippen molar-refractivity contribution < 1.29 is 0 Å². The fourth-order valence-corrected chi connectivity index (χ4v) is 1.37. The molecule has 0 aromatic rings. The molecule has 0 radical (unpaired) electrons. The highest BCUT2D eigenvalue weighted by atomic mass is 15.5. The molecular formula is C9H20N2. The Morgan fingerprint density at radius 2 is 2.27 bits per heavy atom. The quantitative estimate of drug-likeness (QED) is 0.666. The Labute approximate surface area is 69.9 Å². The molecular weight excluding hydrogens is 136 g/mol. The van der Waals surface area contributed by atoms with E-state index in [0.717, 1.165) is 18.4 Å². The first-order chi connectivity index (χ1) is 5.18. The molecule has 11 heavy (non-hydrogen) atoms. The van der Waals surface area contributed by atoms with Crippen LogP contribution in [0, 0.1) is 11.8 Å². The Kier molecular flexibility index (Phi) is 3.34. The number of rotatable bonds is 3. The maximum atomic E-state index is 3.40. The average Bonchev–Trinajstić information content (AvgIpc) is 2.31. The van der Waals surface area contributed by atoms with Crippen LogP contribution in [0.5, 0.6) is 0 Å². The summed E-state index contributed by atoms with van der Waals surface area (Å²) >= 11 is 0. The Hall–Kier alpha value is -0.0800. The van der Waals surface area contributed by atoms with Gasteiger partial charge in [-0.15, -0.1) is 0 Å². The Morgan fingerprint density at radius 1 is 1.55 bits per heavy atom. The van der Waals surface area contributed by atoms with Gasteiger partial charge in [0.2, 0.25) is 0 Å². The lowest BCUT2D eigenvalue weighted by Gasteiger charge is -2.16. The van der Waals surface area contributed by atoms with Crippen molar-refractivity contribution in [1.82, 2.24) is 10.4 Å². The molecule has 0 spiro atoms. The first-order valence-electron chi connectivity index (χ1n) is 4.67. The zero-order chi connectivity index (χ0) is 8.27. The van der Waals surface area contributed by atoms with Crippen LogP contribution in [0.1, 0.15) is 27.2 Å². The van der Waals surface area contributed by atoms with Crippen molar-refractivity contribution >= 4 is 0 Å². The van der Waals surface area contributed by atoms with Gasteiger partial charge in [0.05, 0.1) is 0 Å². The second kappa shape index (κ2) is 4.07. The van der Waals surface area contributed by atoms with E-state index in [1.807, 2.05) is 0 Å². The molecule has 1 N–H and O–H groups in total. The first-order valence-corrected chi connectivity index (χ1v) is 4.67. The number of hydrogen-bond acceptors (Lipinski definition) is 2. The molecule has 1 atom stereocenters. The Morgan fingerprint density at radius 3 is 2.73 bits per heavy atom. The number of hydrazine groups is 1. The molecule has 66 valence electrons. The summed E-state index contributed by atoms with van der Waals surface area (Å²) in [5.74, 6) is 1.66. The van der Waals surface area contributed by atoms with E-state index >= 15 is 0 Å². The predicted octanol–water partition coefficient (Wildman–Crippen LogP) is 1.49. The average molecular weight is 156 g/mol. The second-order valence-corrected chi connectivity index (χ2v) is 4.10. The SMILES string of the molecule is CC(C)CCN1CC(C)CN1. The fourth-order valence-electron chi connectivity index (χ4n) is 1.37. The molecule has 2 nitrogen and oxygen atoms in total. The molecule has 0 aromatic carbocycles. The third-order valence-corrected chi connectivity index (χ3v) is 2.17. The number of nitrogens with one attached hydrogen (secondary N) is 1. The maximum Gasteiger partial charge on any atom is 0.0169 e. The molecule has 1 heterocycles. The topological polar surface area (TPSA) is 15.3 Å². The smallest absolute Gasteiger partial charge is 0.0169 e. The summed E-state index contributed by atoms with van der Waals surface area (Å²) in [5, 5.41) is 2.35. The van der Waals surface area contributed by atoms with Gasteiger partial charge >= 0.3 is 0 Å². The molecule has 1 aliphatic rings. The van der Waals surface area contributed by atoms with Gasteiger partial charge < -0.3 is 0 Å². The van der Waals surface area contributed by atoms with E-state index in [4.69, 9.17) is 0 Å². The zero-order valence-corrected chi connectivity index (χ0v) is 7.93. The van der Waals surface area contributed by atoms with E-state index in [1.165, 1.54) is 19.5 Å². The lowest BCUT2D eigenvalue weighted by atomic mass is 10.1. The highest BCUT2D eigenvalue weighted by Crippen LogP contribution is 2.07. The molecule has 1 aliphatic heterocycles. The van der Waals surface area contributed by atoms with Crippen molar-refractivity contribution in [2.45, 2.75) is 27.2 Å². The minimum absolute atomic E-state index is 0.827. The monoisotopic (exact) mass is 156 g/mol. The van der Waals surface area contributed by atoms with Crippen LogP contribution in [0.2, 0.25) is 0 Å². The van der Waals surface area contributed by atoms with Crippen LogP contribution in [0.25, 0.3) is 0 Å². The van der Waals surface area contributed by atoms with Crippen molar-refractivity contribution in [3.05, 3.63) is 0 Å². The van der Waals surface area contributed by atoms with Gasteiger partial charge in [-0.3, -0.25) is 5.43 Å². The highest BCUT2D eigenvalue weighted by Gasteiger charge is 2.17. The molecule has 0 saturated carbocycles. The molecule has 1 fully saturated rings. The van der Waals surface area contributed by atoms with Gasteiger partial charge in [-0.25, -0.2) is 5.01 Å². The van der Waals surface area contributed by atoms with Crippen LogP contribution in [-0.4, -0.2) is 24.6 Å². The van der Waals surface area contributed by atoms with Crippen LogP contribution in [0.15, 0.2) is 0 Å². The standard InChI is InChI=1S/C9H20N2/c1-8(2)4-5-11-7-9(3)6-10-11/h8-10H,4-7H2,1-3H3. The summed E-state index contributed by atoms with van der Waals surface area (Å²) in [6.07, 6.45) is 1.31. The van der Waals surface area contributed by atoms with Crippen molar-refractivity contribution in [2.24, 2.45) is 11.8 Å². The second-order valence-electron chi connectivity index (χ2n) is 4.10. The van der Waals surface area contributed by atoms with E-state index in [2.05, 4.69) is 31.2 Å². The van der Waals surface area contributed by atoms with Crippen molar-refractivity contribution in [2.75, 3.05) is 19.6 Å². The van der Waals surface area contributed by atoms with E-state index < -0.39 is 0 Å². The number of hydrogen-bond donors (Lipinski definition) is 1. The lowest BCUT2D eigenvalue weighted by molar-refractivity contribution is 0.234. The zero-order valence-electron chi connectivity index (χ0n) is 7.93. The molecule has 2 heteroatoms. The number of nitrogens with zero attached hydrogens (tertiary/aromatic N) is 1. The largest absolute Gasteiger partial charge is 0.255 e. The normalized spacial score (nSPS) is 26.7. The van der Waals surface area contributed by atoms with Crippen LogP contribution in [0.4, 0.5) is 0 Å². The van der Waals surface area contributed by atoms with Crippen molar-refractivity contribution in [3.8, 4) is 0 Å². The Bertz CT molecular complexity index is 112. The van der Waals surface area contributed by atoms with Gasteiger partial charge in [0.25, 0.3) is 0 Å². The molecule has 1 saturated heterocycles. The third kappa shape index (κ3) is 3.21. The van der Waals surface area contributed by atoms with Crippen molar-refractivity contribution in [3.63, 3.8) is 0 Å². The van der Waals surface area contributed by atoms with Crippen LogP contribution < -0.4 is 5.43 Å². The summed E-state index contributed by atoms with van der Waals surface area (Å²) in [6, 6.07) is 0. The maximum absolute atomic E-state index is 3.40. The van der Waals surface area contributed by atoms with Gasteiger partial charge in [-0.2, -0.15) is 0 Å². The summed E-state index contributed by atoms with van der Waals surface area (Å²) in [7, 11) is 0. The molecule has 1 rings (SSSR count). The van der Waals surface area contributed by atoms with Gasteiger partial charge in [-0.05, 0) is 18.3 Å². The van der Waals surface area contributed by atoms with E-state index in [1.54, 1.807) is 0 Å². The summed E-state index contributed by atoms with van der Waals surface area (Å²) < 4.78 is 0. The molecule has 0 amide bonds. The van der Waals surface area contributed by atoms with Gasteiger partial charge in [0.1, 0.15) is 0 Å². The summed E-state index contributed by atoms with van der Waals surface area (Å²) in [4.78, 5) is 0. The third-order valence-electron chi connectivity index (χ3n) is 2.17. The van der Waals surface area contributed by atoms with Crippen LogP contribution >= 0.6 is 0 Å². The molecule has 1 unspecified atom stereocenters. The lowest BCUT2D eigenvalue weighted by Crippen LogP contribution is -2.32. The van der Waals surface area contributed by atoms with E-state index in [9.17, 15) is 0 Å². The predicted molar refractivity (Wildman–Crippen MR) is 48.2 cm³/mol. The van der Waals surface area contributed by atoms with Gasteiger partial charge in [0, 0.05) is 19.6 Å².